The lowest BCUT2D eigenvalue weighted by Gasteiger charge is -2.34. The molecular weight excluding hydrogens is 280 g/mol. The highest BCUT2D eigenvalue weighted by atomic mass is 16.5. The molecule has 0 spiro atoms. The smallest absolute Gasteiger partial charge is 0.170 e. The minimum Gasteiger partial charge on any atom is -0.380 e. The molecule has 0 aromatic rings. The van der Waals surface area contributed by atoms with Gasteiger partial charge in [-0.05, 0) is 12.3 Å². The Balaban J connectivity index is 4.95. The van der Waals surface area contributed by atoms with Crippen molar-refractivity contribution in [1.82, 2.24) is 0 Å². The molecule has 0 heterocycles. The van der Waals surface area contributed by atoms with E-state index in [0.29, 0.717) is 25.7 Å². The summed E-state index contributed by atoms with van der Waals surface area (Å²) in [4.78, 5) is 24.3. The van der Waals surface area contributed by atoms with E-state index in [9.17, 15) is 9.59 Å². The zero-order chi connectivity index (χ0) is 17.4. The van der Waals surface area contributed by atoms with E-state index >= 15 is 0 Å². The number of hydrogen-bond donors (Lipinski definition) is 0. The van der Waals surface area contributed by atoms with Gasteiger partial charge >= 0.3 is 0 Å². The second-order valence-corrected chi connectivity index (χ2v) is 7.70. The molecule has 0 aromatic carbocycles. The molecule has 0 saturated carbocycles. The van der Waals surface area contributed by atoms with E-state index in [0.717, 1.165) is 19.1 Å². The summed E-state index contributed by atoms with van der Waals surface area (Å²) < 4.78 is 11.4. The van der Waals surface area contributed by atoms with E-state index < -0.39 is 16.9 Å². The predicted molar refractivity (Wildman–Crippen MR) is 88.9 cm³/mol. The fourth-order valence-electron chi connectivity index (χ4n) is 1.98. The maximum atomic E-state index is 12.9. The van der Waals surface area contributed by atoms with Crippen LogP contribution < -0.4 is 0 Å². The molecule has 0 fully saturated rings. The van der Waals surface area contributed by atoms with Crippen LogP contribution in [0.4, 0.5) is 0 Å². The van der Waals surface area contributed by atoms with Gasteiger partial charge in [0, 0.05) is 18.6 Å². The van der Waals surface area contributed by atoms with Crippen molar-refractivity contribution in [3.8, 4) is 0 Å². The van der Waals surface area contributed by atoms with Crippen LogP contribution in [0, 0.1) is 16.7 Å². The number of rotatable bonds is 12. The second kappa shape index (κ2) is 9.41. The van der Waals surface area contributed by atoms with Gasteiger partial charge in [-0.15, -0.1) is 0 Å². The average molecular weight is 314 g/mol. The summed E-state index contributed by atoms with van der Waals surface area (Å²) in [6, 6.07) is 0. The van der Waals surface area contributed by atoms with Crippen molar-refractivity contribution in [3.63, 3.8) is 0 Å². The summed E-state index contributed by atoms with van der Waals surface area (Å²) >= 11 is 0. The van der Waals surface area contributed by atoms with E-state index in [2.05, 4.69) is 6.92 Å². The molecule has 0 amide bonds. The van der Waals surface area contributed by atoms with Crippen LogP contribution in [0.25, 0.3) is 0 Å². The van der Waals surface area contributed by atoms with Crippen molar-refractivity contribution in [2.75, 3.05) is 19.8 Å². The third-order valence-corrected chi connectivity index (χ3v) is 3.59. The minimum absolute atomic E-state index is 0.0678. The van der Waals surface area contributed by atoms with E-state index in [1.807, 2.05) is 27.7 Å². The molecule has 0 aliphatic heterocycles. The molecule has 0 bridgehead atoms. The Kier molecular flexibility index (Phi) is 9.09. The number of hydrogen-bond acceptors (Lipinski definition) is 4. The van der Waals surface area contributed by atoms with Crippen LogP contribution in [0.2, 0.25) is 0 Å². The van der Waals surface area contributed by atoms with Gasteiger partial charge < -0.3 is 14.3 Å². The predicted octanol–water partition coefficient (Wildman–Crippen LogP) is 3.66. The number of ketones is 1. The highest BCUT2D eigenvalue weighted by Gasteiger charge is 2.43. The average Bonchev–Trinajstić information content (AvgIpc) is 2.43. The van der Waals surface area contributed by atoms with Gasteiger partial charge in [-0.1, -0.05) is 54.9 Å². The first-order chi connectivity index (χ1) is 10.1. The highest BCUT2D eigenvalue weighted by molar-refractivity contribution is 5.91. The molecule has 0 aromatic heterocycles. The highest BCUT2D eigenvalue weighted by Crippen LogP contribution is 2.30. The molecule has 1 unspecified atom stereocenters. The Hall–Kier alpha value is -0.740. The quantitative estimate of drug-likeness (QED) is 0.407. The van der Waals surface area contributed by atoms with Crippen LogP contribution in [0.3, 0.4) is 0 Å². The molecule has 0 N–H and O–H groups in total. The van der Waals surface area contributed by atoms with Crippen molar-refractivity contribution in [3.05, 3.63) is 0 Å². The van der Waals surface area contributed by atoms with Crippen molar-refractivity contribution < 1.29 is 19.1 Å². The molecule has 1 atom stereocenters. The van der Waals surface area contributed by atoms with E-state index in [-0.39, 0.29) is 5.78 Å². The van der Waals surface area contributed by atoms with Crippen LogP contribution >= 0.6 is 0 Å². The van der Waals surface area contributed by atoms with E-state index in [4.69, 9.17) is 9.47 Å². The largest absolute Gasteiger partial charge is 0.380 e. The molecule has 4 heteroatoms. The number of ether oxygens (including phenoxy) is 2. The summed E-state index contributed by atoms with van der Waals surface area (Å²) in [6.45, 7) is 14.8. The monoisotopic (exact) mass is 314 g/mol. The minimum atomic E-state index is -0.841. The third-order valence-electron chi connectivity index (χ3n) is 3.59. The first kappa shape index (κ1) is 21.3. The van der Waals surface area contributed by atoms with Crippen molar-refractivity contribution >= 4 is 12.1 Å². The summed E-state index contributed by atoms with van der Waals surface area (Å²) in [6.07, 6.45) is 2.12. The standard InChI is InChI=1S/C18H34O4/c1-8-9-10-21-13-18(6,7)15(20)16(17(4,5)12-19)22-11-14(2)3/h12,14,16H,8-11,13H2,1-7H3. The van der Waals surface area contributed by atoms with Crippen LogP contribution in [0.5, 0.6) is 0 Å². The first-order valence-electron chi connectivity index (χ1n) is 8.28. The van der Waals surface area contributed by atoms with Crippen LogP contribution in [0.1, 0.15) is 61.3 Å². The number of aldehydes is 1. The second-order valence-electron chi connectivity index (χ2n) is 7.70. The Morgan fingerprint density at radius 3 is 2.23 bits per heavy atom. The molecule has 130 valence electrons. The number of unbranched alkanes of at least 4 members (excludes halogenated alkanes) is 1. The Morgan fingerprint density at radius 2 is 1.77 bits per heavy atom. The van der Waals surface area contributed by atoms with Gasteiger partial charge in [0.05, 0.1) is 12.0 Å². The van der Waals surface area contributed by atoms with Crippen LogP contribution in [0.15, 0.2) is 0 Å². The topological polar surface area (TPSA) is 52.6 Å². The Bertz CT molecular complexity index is 345. The summed E-state index contributed by atoms with van der Waals surface area (Å²) in [5, 5.41) is 0. The van der Waals surface area contributed by atoms with E-state index in [1.165, 1.54) is 0 Å². The first-order valence-corrected chi connectivity index (χ1v) is 8.28. The molecule has 4 nitrogen and oxygen atoms in total. The SMILES string of the molecule is CCCCOCC(C)(C)C(=O)C(OCC(C)C)C(C)(C)C=O. The van der Waals surface area contributed by atoms with Crippen LogP contribution in [-0.4, -0.2) is 38.0 Å². The fraction of sp³-hybridized carbons (Fsp3) is 0.889. The molecule has 0 aliphatic carbocycles. The van der Waals surface area contributed by atoms with Gasteiger partial charge in [0.1, 0.15) is 12.4 Å². The summed E-state index contributed by atoms with van der Waals surface area (Å²) in [5.74, 6) is 0.239. The normalized spacial score (nSPS) is 14.2. The van der Waals surface area contributed by atoms with Gasteiger partial charge in [-0.3, -0.25) is 4.79 Å². The Morgan fingerprint density at radius 1 is 1.18 bits per heavy atom. The van der Waals surface area contributed by atoms with Gasteiger partial charge in [0.15, 0.2) is 5.78 Å². The van der Waals surface area contributed by atoms with Gasteiger partial charge in [-0.2, -0.15) is 0 Å². The molecule has 22 heavy (non-hydrogen) atoms. The van der Waals surface area contributed by atoms with Crippen molar-refractivity contribution in [2.24, 2.45) is 16.7 Å². The van der Waals surface area contributed by atoms with E-state index in [1.54, 1.807) is 13.8 Å². The molecule has 0 saturated heterocycles. The lowest BCUT2D eigenvalue weighted by atomic mass is 9.76. The number of carbonyl (C=O) groups excluding carboxylic acids is 2. The van der Waals surface area contributed by atoms with Crippen LogP contribution in [-0.2, 0) is 19.1 Å². The van der Waals surface area contributed by atoms with Gasteiger partial charge in [-0.25, -0.2) is 0 Å². The lowest BCUT2D eigenvalue weighted by molar-refractivity contribution is -0.154. The van der Waals surface area contributed by atoms with Gasteiger partial charge in [0.2, 0.25) is 0 Å². The maximum absolute atomic E-state index is 12.9. The summed E-state index contributed by atoms with van der Waals surface area (Å²) in [5.41, 5.74) is -1.51. The van der Waals surface area contributed by atoms with Crippen molar-refractivity contribution in [1.29, 1.82) is 0 Å². The number of Topliss-reactive ketones (excluding diaryl/α,β-unsaturated/α-hetero) is 1. The molecule has 0 aliphatic rings. The Labute approximate surface area is 135 Å². The molecule has 0 radical (unpaired) electrons. The summed E-state index contributed by atoms with van der Waals surface area (Å²) in [7, 11) is 0. The zero-order valence-corrected chi connectivity index (χ0v) is 15.4. The lowest BCUT2D eigenvalue weighted by Crippen LogP contribution is -2.48. The zero-order valence-electron chi connectivity index (χ0n) is 15.4. The van der Waals surface area contributed by atoms with Gasteiger partial charge in [0.25, 0.3) is 0 Å². The van der Waals surface area contributed by atoms with Crippen molar-refractivity contribution in [2.45, 2.75) is 67.4 Å². The molecule has 0 rings (SSSR count). The maximum Gasteiger partial charge on any atom is 0.170 e. The fourth-order valence-corrected chi connectivity index (χ4v) is 1.98. The molecular formula is C18H34O4. The third kappa shape index (κ3) is 7.01. The number of carbonyl (C=O) groups is 2.